The minimum Gasteiger partial charge on any atom is -0.455 e. The quantitative estimate of drug-likeness (QED) is 0.412. The number of hydrogen-bond acceptors (Lipinski definition) is 6. The average molecular weight is 328 g/mol. The number of hydrogen-bond donors (Lipinski definition) is 0. The van der Waals surface area contributed by atoms with Gasteiger partial charge in [-0.05, 0) is 25.1 Å². The second-order valence-corrected chi connectivity index (χ2v) is 6.03. The van der Waals surface area contributed by atoms with E-state index in [2.05, 4.69) is 4.98 Å². The molecule has 0 aliphatic carbocycles. The standard InChI is InChI=1S/C16H12N2O4S/c1-10-6-7-11(8-13(10)18(20)21)16(19)22-9-15-17-12-4-2-3-5-14(12)23-15/h2-8H,9H2,1H3. The van der Waals surface area contributed by atoms with Crippen LogP contribution in [-0.2, 0) is 11.3 Å². The van der Waals surface area contributed by atoms with E-state index in [1.807, 2.05) is 24.3 Å². The first-order valence-electron chi connectivity index (χ1n) is 6.81. The molecule has 0 aliphatic rings. The van der Waals surface area contributed by atoms with E-state index in [-0.39, 0.29) is 17.9 Å². The number of nitrogens with zero attached hydrogens (tertiary/aromatic N) is 2. The van der Waals surface area contributed by atoms with E-state index in [1.165, 1.54) is 29.5 Å². The monoisotopic (exact) mass is 328 g/mol. The number of thiazole rings is 1. The van der Waals surface area contributed by atoms with E-state index in [9.17, 15) is 14.9 Å². The van der Waals surface area contributed by atoms with Crippen LogP contribution in [0, 0.1) is 17.0 Å². The summed E-state index contributed by atoms with van der Waals surface area (Å²) < 4.78 is 6.22. The molecular weight excluding hydrogens is 316 g/mol. The van der Waals surface area contributed by atoms with Gasteiger partial charge >= 0.3 is 5.97 Å². The lowest BCUT2D eigenvalue weighted by Gasteiger charge is -2.04. The second-order valence-electron chi connectivity index (χ2n) is 4.91. The van der Waals surface area contributed by atoms with Crippen LogP contribution in [0.1, 0.15) is 20.9 Å². The van der Waals surface area contributed by atoms with Crippen LogP contribution in [0.4, 0.5) is 5.69 Å². The van der Waals surface area contributed by atoms with Crippen LogP contribution in [0.5, 0.6) is 0 Å². The molecule has 1 heterocycles. The van der Waals surface area contributed by atoms with Crippen molar-refractivity contribution in [2.24, 2.45) is 0 Å². The fourth-order valence-corrected chi connectivity index (χ4v) is 3.01. The number of carbonyl (C=O) groups excluding carboxylic acids is 1. The Hall–Kier alpha value is -2.80. The summed E-state index contributed by atoms with van der Waals surface area (Å²) in [6.45, 7) is 1.66. The molecule has 0 bridgehead atoms. The van der Waals surface area contributed by atoms with Gasteiger partial charge in [-0.2, -0.15) is 0 Å². The van der Waals surface area contributed by atoms with Crippen molar-refractivity contribution >= 4 is 33.2 Å². The summed E-state index contributed by atoms with van der Waals surface area (Å²) in [6.07, 6.45) is 0. The normalized spacial score (nSPS) is 10.7. The Balaban J connectivity index is 1.74. The lowest BCUT2D eigenvalue weighted by Crippen LogP contribution is -2.06. The minimum atomic E-state index is -0.604. The molecule has 0 aliphatic heterocycles. The SMILES string of the molecule is Cc1ccc(C(=O)OCc2nc3ccccc3s2)cc1[N+](=O)[O-]. The third-order valence-electron chi connectivity index (χ3n) is 3.31. The molecule has 2 aromatic carbocycles. The summed E-state index contributed by atoms with van der Waals surface area (Å²) in [5.41, 5.74) is 1.41. The van der Waals surface area contributed by atoms with Crippen LogP contribution in [0.25, 0.3) is 10.2 Å². The molecule has 0 atom stereocenters. The van der Waals surface area contributed by atoms with Crippen molar-refractivity contribution in [3.8, 4) is 0 Å². The summed E-state index contributed by atoms with van der Waals surface area (Å²) in [5, 5.41) is 11.6. The molecule has 1 aromatic heterocycles. The Morgan fingerprint density at radius 1 is 1.30 bits per heavy atom. The van der Waals surface area contributed by atoms with Gasteiger partial charge < -0.3 is 4.74 Å². The molecular formula is C16H12N2O4S. The predicted molar refractivity (Wildman–Crippen MR) is 86.6 cm³/mol. The first-order valence-corrected chi connectivity index (χ1v) is 7.63. The van der Waals surface area contributed by atoms with E-state index in [4.69, 9.17) is 4.74 Å². The number of nitro benzene ring substituents is 1. The Kier molecular flexibility index (Phi) is 4.03. The maximum Gasteiger partial charge on any atom is 0.338 e. The van der Waals surface area contributed by atoms with Crippen molar-refractivity contribution in [1.29, 1.82) is 0 Å². The highest BCUT2D eigenvalue weighted by atomic mass is 32.1. The van der Waals surface area contributed by atoms with E-state index >= 15 is 0 Å². The van der Waals surface area contributed by atoms with E-state index in [1.54, 1.807) is 6.92 Å². The maximum absolute atomic E-state index is 12.1. The van der Waals surface area contributed by atoms with Gasteiger partial charge in [0.1, 0.15) is 11.6 Å². The molecule has 0 saturated heterocycles. The Bertz CT molecular complexity index is 871. The van der Waals surface area contributed by atoms with Gasteiger partial charge in [0, 0.05) is 11.6 Å². The Labute approximate surface area is 135 Å². The van der Waals surface area contributed by atoms with Gasteiger partial charge in [-0.1, -0.05) is 18.2 Å². The third-order valence-corrected chi connectivity index (χ3v) is 4.32. The van der Waals surface area contributed by atoms with Crippen LogP contribution in [-0.4, -0.2) is 15.9 Å². The number of esters is 1. The fraction of sp³-hybridized carbons (Fsp3) is 0.125. The number of ether oxygens (including phenoxy) is 1. The van der Waals surface area contributed by atoms with E-state index in [0.717, 1.165) is 10.2 Å². The van der Waals surface area contributed by atoms with Crippen LogP contribution < -0.4 is 0 Å². The van der Waals surface area contributed by atoms with E-state index < -0.39 is 10.9 Å². The highest BCUT2D eigenvalue weighted by molar-refractivity contribution is 7.18. The van der Waals surface area contributed by atoms with Gasteiger partial charge in [-0.3, -0.25) is 10.1 Å². The Morgan fingerprint density at radius 3 is 2.83 bits per heavy atom. The van der Waals surface area contributed by atoms with Crippen LogP contribution >= 0.6 is 11.3 Å². The summed E-state index contributed by atoms with van der Waals surface area (Å²) in [5.74, 6) is -0.604. The molecule has 0 spiro atoms. The zero-order chi connectivity index (χ0) is 16.4. The minimum absolute atomic E-state index is 0.0415. The number of benzene rings is 2. The topological polar surface area (TPSA) is 82.3 Å². The van der Waals surface area contributed by atoms with E-state index in [0.29, 0.717) is 10.6 Å². The summed E-state index contributed by atoms with van der Waals surface area (Å²) in [4.78, 5) is 26.8. The van der Waals surface area contributed by atoms with Crippen molar-refractivity contribution in [2.45, 2.75) is 13.5 Å². The molecule has 0 unspecified atom stereocenters. The summed E-state index contributed by atoms with van der Waals surface area (Å²) in [6, 6.07) is 11.9. The molecule has 3 rings (SSSR count). The second kappa shape index (κ2) is 6.13. The number of aromatic nitrogens is 1. The number of carbonyl (C=O) groups is 1. The van der Waals surface area contributed by atoms with Crippen molar-refractivity contribution < 1.29 is 14.5 Å². The molecule has 0 saturated carbocycles. The average Bonchev–Trinajstić information content (AvgIpc) is 2.95. The predicted octanol–water partition coefficient (Wildman–Crippen LogP) is 3.87. The molecule has 0 radical (unpaired) electrons. The highest BCUT2D eigenvalue weighted by Gasteiger charge is 2.16. The van der Waals surface area contributed by atoms with Crippen molar-refractivity contribution in [3.63, 3.8) is 0 Å². The fourth-order valence-electron chi connectivity index (χ4n) is 2.13. The molecule has 0 amide bonds. The van der Waals surface area contributed by atoms with Crippen molar-refractivity contribution in [3.05, 3.63) is 68.7 Å². The molecule has 116 valence electrons. The first-order chi connectivity index (χ1) is 11.0. The third kappa shape index (κ3) is 3.19. The highest BCUT2D eigenvalue weighted by Crippen LogP contribution is 2.23. The number of fused-ring (bicyclic) bond motifs is 1. The molecule has 0 N–H and O–H groups in total. The lowest BCUT2D eigenvalue weighted by molar-refractivity contribution is -0.385. The molecule has 6 nitrogen and oxygen atoms in total. The largest absolute Gasteiger partial charge is 0.455 e. The smallest absolute Gasteiger partial charge is 0.338 e. The van der Waals surface area contributed by atoms with Crippen molar-refractivity contribution in [1.82, 2.24) is 4.98 Å². The molecule has 0 fully saturated rings. The number of rotatable bonds is 4. The van der Waals surface area contributed by atoms with Gasteiger partial charge in [0.25, 0.3) is 5.69 Å². The zero-order valence-electron chi connectivity index (χ0n) is 12.2. The van der Waals surface area contributed by atoms with Gasteiger partial charge in [-0.25, -0.2) is 9.78 Å². The van der Waals surface area contributed by atoms with Gasteiger partial charge in [0.2, 0.25) is 0 Å². The van der Waals surface area contributed by atoms with Gasteiger partial charge in [-0.15, -0.1) is 11.3 Å². The summed E-state index contributed by atoms with van der Waals surface area (Å²) in [7, 11) is 0. The molecule has 23 heavy (non-hydrogen) atoms. The maximum atomic E-state index is 12.1. The number of nitro groups is 1. The molecule has 3 aromatic rings. The van der Waals surface area contributed by atoms with Crippen LogP contribution in [0.3, 0.4) is 0 Å². The summed E-state index contributed by atoms with van der Waals surface area (Å²) >= 11 is 1.45. The molecule has 7 heteroatoms. The lowest BCUT2D eigenvalue weighted by atomic mass is 10.1. The van der Waals surface area contributed by atoms with Crippen molar-refractivity contribution in [2.75, 3.05) is 0 Å². The van der Waals surface area contributed by atoms with Crippen LogP contribution in [0.2, 0.25) is 0 Å². The van der Waals surface area contributed by atoms with Gasteiger partial charge in [0.15, 0.2) is 0 Å². The van der Waals surface area contributed by atoms with Crippen LogP contribution in [0.15, 0.2) is 42.5 Å². The Morgan fingerprint density at radius 2 is 2.09 bits per heavy atom. The zero-order valence-corrected chi connectivity index (χ0v) is 13.0. The number of para-hydroxylation sites is 1. The van der Waals surface area contributed by atoms with Gasteiger partial charge in [0.05, 0.1) is 20.7 Å². The number of aryl methyl sites for hydroxylation is 1. The first kappa shape index (κ1) is 15.1.